The smallest absolute Gasteiger partial charge is 0.261 e. The highest BCUT2D eigenvalue weighted by molar-refractivity contribution is 7.21. The van der Waals surface area contributed by atoms with Gasteiger partial charge in [-0.25, -0.2) is 0 Å². The van der Waals surface area contributed by atoms with Crippen molar-refractivity contribution in [2.45, 2.75) is 37.3 Å². The number of fused-ring (bicyclic) bond motifs is 3. The van der Waals surface area contributed by atoms with Crippen LogP contribution >= 0.6 is 22.9 Å². The molecule has 1 amide bonds. The summed E-state index contributed by atoms with van der Waals surface area (Å²) in [7, 11) is 0. The number of amides is 1. The maximum absolute atomic E-state index is 12.8. The maximum Gasteiger partial charge on any atom is 0.261 e. The Morgan fingerprint density at radius 3 is 2.78 bits per heavy atom. The standard InChI is InChI=1S/C18H19ClN2OS/c19-13-3-1-2-12-10-14(23-15(12)13)17(22)20-16-11-4-8-21(9-5-11)18(16)6-7-18/h1-3,10-11,16H,4-9H2,(H,20,22)/t16-/m1/s1. The molecular formula is C18H19ClN2OS. The number of thiophene rings is 1. The second-order valence-electron chi connectivity index (χ2n) is 7.15. The Balaban J connectivity index is 1.43. The largest absolute Gasteiger partial charge is 0.346 e. The zero-order valence-electron chi connectivity index (χ0n) is 12.8. The Labute approximate surface area is 144 Å². The molecule has 2 aromatic rings. The summed E-state index contributed by atoms with van der Waals surface area (Å²) in [6.07, 6.45) is 4.94. The summed E-state index contributed by atoms with van der Waals surface area (Å²) >= 11 is 7.75. The lowest BCUT2D eigenvalue weighted by Crippen LogP contribution is -2.65. The van der Waals surface area contributed by atoms with Crippen molar-refractivity contribution < 1.29 is 4.79 Å². The van der Waals surface area contributed by atoms with Crippen molar-refractivity contribution in [1.29, 1.82) is 0 Å². The molecule has 5 heteroatoms. The molecule has 1 atom stereocenters. The van der Waals surface area contributed by atoms with Crippen molar-refractivity contribution in [1.82, 2.24) is 10.2 Å². The summed E-state index contributed by atoms with van der Waals surface area (Å²) in [5.41, 5.74) is 0.283. The first kappa shape index (κ1) is 14.3. The van der Waals surface area contributed by atoms with Crippen molar-refractivity contribution in [3.8, 4) is 0 Å². The second kappa shape index (κ2) is 4.95. The fraction of sp³-hybridized carbons (Fsp3) is 0.500. The lowest BCUT2D eigenvalue weighted by Gasteiger charge is -2.52. The van der Waals surface area contributed by atoms with Crippen molar-refractivity contribution in [3.63, 3.8) is 0 Å². The highest BCUT2D eigenvalue weighted by Gasteiger charge is 2.60. The van der Waals surface area contributed by atoms with Gasteiger partial charge in [-0.3, -0.25) is 9.69 Å². The van der Waals surface area contributed by atoms with E-state index in [-0.39, 0.29) is 11.4 Å². The molecule has 1 aromatic carbocycles. The summed E-state index contributed by atoms with van der Waals surface area (Å²) in [5, 5.41) is 5.17. The molecule has 4 heterocycles. The Hall–Kier alpha value is -1.10. The minimum atomic E-state index is 0.0762. The van der Waals surface area contributed by atoms with E-state index in [9.17, 15) is 4.79 Å². The highest BCUT2D eigenvalue weighted by atomic mass is 35.5. The predicted octanol–water partition coefficient (Wildman–Crippen LogP) is 3.91. The number of hydrogen-bond donors (Lipinski definition) is 1. The Kier molecular flexibility index (Phi) is 3.07. The molecule has 4 fully saturated rings. The summed E-state index contributed by atoms with van der Waals surface area (Å²) in [4.78, 5) is 16.2. The Morgan fingerprint density at radius 2 is 2.09 bits per heavy atom. The van der Waals surface area contributed by atoms with Gasteiger partial charge >= 0.3 is 0 Å². The number of nitrogens with one attached hydrogen (secondary N) is 1. The molecular weight excluding hydrogens is 328 g/mol. The van der Waals surface area contributed by atoms with E-state index >= 15 is 0 Å². The molecule has 120 valence electrons. The molecule has 0 unspecified atom stereocenters. The van der Waals surface area contributed by atoms with Crippen molar-refractivity contribution in [3.05, 3.63) is 34.2 Å². The normalized spacial score (nSPS) is 30.7. The van der Waals surface area contributed by atoms with Gasteiger partial charge < -0.3 is 5.32 Å². The van der Waals surface area contributed by atoms with Crippen LogP contribution in [0.1, 0.15) is 35.4 Å². The van der Waals surface area contributed by atoms with E-state index in [0.717, 1.165) is 20.0 Å². The number of halogens is 1. The van der Waals surface area contributed by atoms with E-state index in [2.05, 4.69) is 10.2 Å². The molecule has 3 saturated heterocycles. The molecule has 1 aliphatic carbocycles. The third-order valence-electron chi connectivity index (χ3n) is 5.99. The van der Waals surface area contributed by atoms with Crippen LogP contribution in [0.25, 0.3) is 10.1 Å². The van der Waals surface area contributed by atoms with E-state index in [1.807, 2.05) is 24.3 Å². The lowest BCUT2D eigenvalue weighted by atomic mass is 9.77. The molecule has 1 spiro atoms. The molecule has 1 aromatic heterocycles. The number of benzene rings is 1. The van der Waals surface area contributed by atoms with Gasteiger partial charge in [-0.15, -0.1) is 11.3 Å². The van der Waals surface area contributed by atoms with Gasteiger partial charge in [0, 0.05) is 5.54 Å². The van der Waals surface area contributed by atoms with Crippen LogP contribution in [-0.2, 0) is 0 Å². The number of nitrogens with zero attached hydrogens (tertiary/aromatic N) is 1. The first-order chi connectivity index (χ1) is 11.2. The molecule has 2 bridgehead atoms. The lowest BCUT2D eigenvalue weighted by molar-refractivity contribution is -0.00138. The average molecular weight is 347 g/mol. The van der Waals surface area contributed by atoms with Gasteiger partial charge in [0.15, 0.2) is 0 Å². The first-order valence-corrected chi connectivity index (χ1v) is 9.61. The summed E-state index contributed by atoms with van der Waals surface area (Å²) < 4.78 is 1.01. The van der Waals surface area contributed by atoms with Gasteiger partial charge in [0.1, 0.15) is 0 Å². The highest BCUT2D eigenvalue weighted by Crippen LogP contribution is 2.53. The fourth-order valence-electron chi connectivity index (χ4n) is 4.67. The van der Waals surface area contributed by atoms with E-state index in [4.69, 9.17) is 11.6 Å². The van der Waals surface area contributed by atoms with Crippen LogP contribution in [0.15, 0.2) is 24.3 Å². The first-order valence-electron chi connectivity index (χ1n) is 8.41. The number of carbonyl (C=O) groups is 1. The molecule has 1 N–H and O–H groups in total. The second-order valence-corrected chi connectivity index (χ2v) is 8.61. The maximum atomic E-state index is 12.8. The zero-order valence-corrected chi connectivity index (χ0v) is 14.4. The zero-order chi connectivity index (χ0) is 15.6. The molecule has 6 rings (SSSR count). The Morgan fingerprint density at radius 1 is 1.30 bits per heavy atom. The summed E-state index contributed by atoms with van der Waals surface area (Å²) in [6, 6.07) is 8.14. The average Bonchev–Trinajstić information content (AvgIpc) is 3.21. The number of hydrogen-bond acceptors (Lipinski definition) is 3. The monoisotopic (exact) mass is 346 g/mol. The predicted molar refractivity (Wildman–Crippen MR) is 94.4 cm³/mol. The van der Waals surface area contributed by atoms with Crippen LogP contribution in [0, 0.1) is 5.92 Å². The van der Waals surface area contributed by atoms with Crippen LogP contribution in [0.5, 0.6) is 0 Å². The molecule has 1 saturated carbocycles. The minimum absolute atomic E-state index is 0.0762. The third kappa shape index (κ3) is 2.08. The van der Waals surface area contributed by atoms with Gasteiger partial charge in [0.25, 0.3) is 5.91 Å². The van der Waals surface area contributed by atoms with Crippen molar-refractivity contribution in [2.24, 2.45) is 5.92 Å². The van der Waals surface area contributed by atoms with Gasteiger partial charge in [-0.2, -0.15) is 0 Å². The van der Waals surface area contributed by atoms with Crippen LogP contribution in [0.3, 0.4) is 0 Å². The van der Waals surface area contributed by atoms with Gasteiger partial charge in [0.05, 0.1) is 20.6 Å². The van der Waals surface area contributed by atoms with E-state index in [1.54, 1.807) is 0 Å². The SMILES string of the molecule is O=C(N[C@@H]1C2CCN(CC2)C12CC2)c1cc2cccc(Cl)c2s1. The number of rotatable bonds is 2. The summed E-state index contributed by atoms with van der Waals surface area (Å²) in [5.74, 6) is 0.733. The van der Waals surface area contributed by atoms with Crippen molar-refractivity contribution >= 4 is 38.9 Å². The van der Waals surface area contributed by atoms with E-state index < -0.39 is 0 Å². The van der Waals surface area contributed by atoms with Gasteiger partial charge in [0.2, 0.25) is 0 Å². The van der Waals surface area contributed by atoms with Crippen LogP contribution in [0.4, 0.5) is 0 Å². The van der Waals surface area contributed by atoms with Crippen LogP contribution in [0.2, 0.25) is 5.02 Å². The Bertz CT molecular complexity index is 789. The fourth-order valence-corrected chi connectivity index (χ4v) is 5.94. The van der Waals surface area contributed by atoms with Crippen molar-refractivity contribution in [2.75, 3.05) is 13.1 Å². The van der Waals surface area contributed by atoms with Crippen LogP contribution in [-0.4, -0.2) is 35.5 Å². The minimum Gasteiger partial charge on any atom is -0.346 e. The van der Waals surface area contributed by atoms with E-state index in [0.29, 0.717) is 12.0 Å². The molecule has 4 aliphatic rings. The molecule has 0 radical (unpaired) electrons. The van der Waals surface area contributed by atoms with E-state index in [1.165, 1.54) is 50.1 Å². The molecule has 3 nitrogen and oxygen atoms in total. The van der Waals surface area contributed by atoms with Gasteiger partial charge in [-0.1, -0.05) is 23.7 Å². The topological polar surface area (TPSA) is 32.3 Å². The quantitative estimate of drug-likeness (QED) is 0.894. The number of carbonyl (C=O) groups excluding carboxylic acids is 1. The molecule has 3 aliphatic heterocycles. The summed E-state index contributed by atoms with van der Waals surface area (Å²) in [6.45, 7) is 2.44. The van der Waals surface area contributed by atoms with Gasteiger partial charge in [-0.05, 0) is 62.2 Å². The third-order valence-corrected chi connectivity index (χ3v) is 7.60. The molecule has 23 heavy (non-hydrogen) atoms. The number of piperidine rings is 3. The van der Waals surface area contributed by atoms with Crippen LogP contribution < -0.4 is 5.32 Å².